The van der Waals surface area contributed by atoms with Crippen LogP contribution in [0.4, 0.5) is 0 Å². The molecule has 0 aliphatic heterocycles. The summed E-state index contributed by atoms with van der Waals surface area (Å²) >= 11 is 0. The Kier molecular flexibility index (Phi) is 11.5. The largest absolute Gasteiger partial charge is 0.393 e. The van der Waals surface area contributed by atoms with Crippen LogP contribution in [-0.2, 0) is 6.42 Å². The maximum atomic E-state index is 10.6. The topological polar surface area (TPSA) is 93.0 Å². The fraction of sp³-hybridized carbons (Fsp3) is 0.667. The van der Waals surface area contributed by atoms with Crippen LogP contribution in [0.25, 0.3) is 0 Å². The minimum atomic E-state index is -0.573. The van der Waals surface area contributed by atoms with Crippen molar-refractivity contribution in [1.82, 2.24) is 5.32 Å². The molecule has 5 N–H and O–H groups in total. The van der Waals surface area contributed by atoms with E-state index in [1.807, 2.05) is 31.2 Å². The van der Waals surface area contributed by atoms with Gasteiger partial charge in [0, 0.05) is 17.8 Å². The number of aliphatic hydroxyl groups excluding tert-OH is 4. The second kappa shape index (κ2) is 14.3. The fourth-order valence-corrected chi connectivity index (χ4v) is 6.11. The number of hydrogen-bond acceptors (Lipinski definition) is 5. The van der Waals surface area contributed by atoms with E-state index in [1.165, 1.54) is 18.4 Å². The van der Waals surface area contributed by atoms with Gasteiger partial charge in [-0.05, 0) is 69.4 Å². The molecule has 5 heteroatoms. The summed E-state index contributed by atoms with van der Waals surface area (Å²) in [7, 11) is 0. The highest BCUT2D eigenvalue weighted by molar-refractivity contribution is 5.15. The second-order valence-electron chi connectivity index (χ2n) is 10.7. The molecule has 2 fully saturated rings. The minimum Gasteiger partial charge on any atom is -0.393 e. The molecular weight excluding hydrogens is 438 g/mol. The van der Waals surface area contributed by atoms with E-state index >= 15 is 0 Å². The molecule has 1 aromatic rings. The van der Waals surface area contributed by atoms with Crippen molar-refractivity contribution in [2.45, 2.75) is 102 Å². The van der Waals surface area contributed by atoms with E-state index in [9.17, 15) is 20.4 Å². The molecule has 5 nitrogen and oxygen atoms in total. The number of hydrogen-bond donors (Lipinski definition) is 5. The lowest BCUT2D eigenvalue weighted by Gasteiger charge is -2.34. The Bertz CT molecular complexity index is 774. The van der Waals surface area contributed by atoms with Crippen molar-refractivity contribution in [2.75, 3.05) is 6.54 Å². The van der Waals surface area contributed by atoms with E-state index in [4.69, 9.17) is 0 Å². The smallest absolute Gasteiger partial charge is 0.110 e. The van der Waals surface area contributed by atoms with Crippen LogP contribution in [-0.4, -0.2) is 51.5 Å². The first kappa shape index (κ1) is 28.1. The Labute approximate surface area is 212 Å². The standard InChI is InChI=1S/C30H47NO4/c1-2-31-29(35)30(20-10-11-21-30)19-9-4-3-8-14-25-26(28(34)22-27(25)33)18-17-24(32)16-15-23-12-6-5-7-13-23/h3,5-8,12-13,17-18,24-29,31-35H,2,4,9-11,14-16,19-22H2,1H3/b8-3-,18-17+/t24-,25+,26+,27-,28+,29?/m0/s1. The highest BCUT2D eigenvalue weighted by atomic mass is 16.3. The predicted octanol–water partition coefficient (Wildman–Crippen LogP) is 4.50. The molecule has 0 heterocycles. The van der Waals surface area contributed by atoms with Crippen LogP contribution in [0, 0.1) is 17.3 Å². The quantitative estimate of drug-likeness (QED) is 0.152. The number of allylic oxidation sites excluding steroid dienone is 2. The number of benzene rings is 1. The highest BCUT2D eigenvalue weighted by Gasteiger charge is 2.40. The fourth-order valence-electron chi connectivity index (χ4n) is 6.11. The summed E-state index contributed by atoms with van der Waals surface area (Å²) in [6.07, 6.45) is 16.2. The van der Waals surface area contributed by atoms with Crippen LogP contribution in [0.2, 0.25) is 0 Å². The van der Waals surface area contributed by atoms with Gasteiger partial charge in [-0.3, -0.25) is 5.32 Å². The summed E-state index contributed by atoms with van der Waals surface area (Å²) < 4.78 is 0. The molecule has 35 heavy (non-hydrogen) atoms. The molecule has 2 aliphatic rings. The number of aryl methyl sites for hydroxylation is 1. The lowest BCUT2D eigenvalue weighted by atomic mass is 9.79. The molecule has 6 atom stereocenters. The van der Waals surface area contributed by atoms with E-state index in [-0.39, 0.29) is 17.3 Å². The second-order valence-corrected chi connectivity index (χ2v) is 10.7. The number of rotatable bonds is 14. The molecule has 1 aromatic carbocycles. The normalized spacial score (nSPS) is 28.3. The van der Waals surface area contributed by atoms with Crippen molar-refractivity contribution < 1.29 is 20.4 Å². The van der Waals surface area contributed by atoms with Gasteiger partial charge in [-0.25, -0.2) is 0 Å². The monoisotopic (exact) mass is 485 g/mol. The molecule has 1 unspecified atom stereocenters. The molecular formula is C30H47NO4. The lowest BCUT2D eigenvalue weighted by Crippen LogP contribution is -2.43. The van der Waals surface area contributed by atoms with E-state index in [0.717, 1.165) is 51.5 Å². The zero-order valence-electron chi connectivity index (χ0n) is 21.4. The number of nitrogens with one attached hydrogen (secondary N) is 1. The zero-order chi connectivity index (χ0) is 25.1. The maximum Gasteiger partial charge on any atom is 0.110 e. The minimum absolute atomic E-state index is 0.0207. The first-order valence-electron chi connectivity index (χ1n) is 13.8. The molecule has 2 aliphatic carbocycles. The zero-order valence-corrected chi connectivity index (χ0v) is 21.4. The van der Waals surface area contributed by atoms with Crippen molar-refractivity contribution in [1.29, 1.82) is 0 Å². The summed E-state index contributed by atoms with van der Waals surface area (Å²) in [6.45, 7) is 2.83. The molecule has 0 spiro atoms. The van der Waals surface area contributed by atoms with E-state index in [2.05, 4.69) is 29.6 Å². The first-order valence-corrected chi connectivity index (χ1v) is 13.8. The SMILES string of the molecule is CCNC(O)C1(CCC/C=C\C[C@@H]2[C@@H](/C=C/[C@@H](O)CCc3ccccc3)[C@H](O)C[C@@H]2O)CCCC1. The molecule has 0 saturated heterocycles. The average molecular weight is 486 g/mol. The van der Waals surface area contributed by atoms with Crippen LogP contribution in [0.15, 0.2) is 54.6 Å². The van der Waals surface area contributed by atoms with Gasteiger partial charge in [0.25, 0.3) is 0 Å². The Hall–Kier alpha value is -1.50. The average Bonchev–Trinajstić information content (AvgIpc) is 3.44. The van der Waals surface area contributed by atoms with Crippen molar-refractivity contribution in [3.05, 3.63) is 60.2 Å². The van der Waals surface area contributed by atoms with Crippen molar-refractivity contribution >= 4 is 0 Å². The van der Waals surface area contributed by atoms with Crippen LogP contribution in [0.3, 0.4) is 0 Å². The third-order valence-corrected chi connectivity index (χ3v) is 8.24. The number of aliphatic hydroxyl groups is 4. The van der Waals surface area contributed by atoms with Crippen LogP contribution in [0.1, 0.15) is 76.7 Å². The van der Waals surface area contributed by atoms with Crippen molar-refractivity contribution in [2.24, 2.45) is 17.3 Å². The summed E-state index contributed by atoms with van der Waals surface area (Å²) in [5.74, 6) is -0.173. The molecule has 2 saturated carbocycles. The van der Waals surface area contributed by atoms with E-state index < -0.39 is 24.5 Å². The molecule has 0 bridgehead atoms. The lowest BCUT2D eigenvalue weighted by molar-refractivity contribution is -0.00368. The Morgan fingerprint density at radius 3 is 2.51 bits per heavy atom. The van der Waals surface area contributed by atoms with Gasteiger partial charge in [-0.2, -0.15) is 0 Å². The van der Waals surface area contributed by atoms with Gasteiger partial charge >= 0.3 is 0 Å². The van der Waals surface area contributed by atoms with Gasteiger partial charge < -0.3 is 20.4 Å². The molecule has 0 radical (unpaired) electrons. The summed E-state index contributed by atoms with van der Waals surface area (Å²) in [5.41, 5.74) is 1.22. The molecule has 3 rings (SSSR count). The molecule has 196 valence electrons. The maximum absolute atomic E-state index is 10.6. The molecule has 0 aromatic heterocycles. The van der Waals surface area contributed by atoms with Crippen LogP contribution >= 0.6 is 0 Å². The van der Waals surface area contributed by atoms with Gasteiger partial charge in [-0.15, -0.1) is 0 Å². The van der Waals surface area contributed by atoms with Crippen molar-refractivity contribution in [3.63, 3.8) is 0 Å². The van der Waals surface area contributed by atoms with E-state index in [0.29, 0.717) is 12.8 Å². The third-order valence-electron chi connectivity index (χ3n) is 8.24. The first-order chi connectivity index (χ1) is 16.9. The molecule has 0 amide bonds. The Morgan fingerprint density at radius 1 is 1.06 bits per heavy atom. The van der Waals surface area contributed by atoms with Crippen LogP contribution in [0.5, 0.6) is 0 Å². The summed E-state index contributed by atoms with van der Waals surface area (Å²) in [5, 5.41) is 45.2. The Morgan fingerprint density at radius 2 is 1.80 bits per heavy atom. The van der Waals surface area contributed by atoms with Gasteiger partial charge in [0.1, 0.15) is 6.23 Å². The van der Waals surface area contributed by atoms with Crippen molar-refractivity contribution in [3.8, 4) is 0 Å². The predicted molar refractivity (Wildman–Crippen MR) is 142 cm³/mol. The van der Waals surface area contributed by atoms with Gasteiger partial charge in [0.15, 0.2) is 0 Å². The Balaban J connectivity index is 1.44. The third kappa shape index (κ3) is 8.26. The van der Waals surface area contributed by atoms with E-state index in [1.54, 1.807) is 6.08 Å². The van der Waals surface area contributed by atoms with Crippen LogP contribution < -0.4 is 5.32 Å². The van der Waals surface area contributed by atoms with Gasteiger partial charge in [0.2, 0.25) is 0 Å². The van der Waals surface area contributed by atoms with Gasteiger partial charge in [0.05, 0.1) is 18.3 Å². The summed E-state index contributed by atoms with van der Waals surface area (Å²) in [6, 6.07) is 10.1. The number of unbranched alkanes of at least 4 members (excludes halogenated alkanes) is 1. The van der Waals surface area contributed by atoms with Gasteiger partial charge in [-0.1, -0.05) is 74.4 Å². The highest BCUT2D eigenvalue weighted by Crippen LogP contribution is 2.44. The summed E-state index contributed by atoms with van der Waals surface area (Å²) in [4.78, 5) is 0.